The lowest BCUT2D eigenvalue weighted by molar-refractivity contribution is 0.224. The van der Waals surface area contributed by atoms with E-state index in [1.165, 1.54) is 44.2 Å². The zero-order valence-corrected chi connectivity index (χ0v) is 11.0. The SMILES string of the molecule is ClC1CCCN(Cc2ccc3c(c2)CCC3)C1. The molecule has 0 radical (unpaired) electrons. The molecule has 17 heavy (non-hydrogen) atoms. The van der Waals surface area contributed by atoms with Gasteiger partial charge < -0.3 is 0 Å². The highest BCUT2D eigenvalue weighted by Gasteiger charge is 2.18. The molecular formula is C15H20ClN. The Bertz CT molecular complexity index is 402. The average Bonchev–Trinajstić information content (AvgIpc) is 2.76. The van der Waals surface area contributed by atoms with Crippen molar-refractivity contribution < 1.29 is 0 Å². The number of halogens is 1. The molecule has 0 amide bonds. The molecule has 2 heteroatoms. The van der Waals surface area contributed by atoms with Crippen molar-refractivity contribution >= 4 is 11.6 Å². The van der Waals surface area contributed by atoms with Gasteiger partial charge in [0.25, 0.3) is 0 Å². The van der Waals surface area contributed by atoms with Crippen LogP contribution < -0.4 is 0 Å². The van der Waals surface area contributed by atoms with Crippen LogP contribution in [0.4, 0.5) is 0 Å². The Labute approximate surface area is 109 Å². The van der Waals surface area contributed by atoms with Crippen molar-refractivity contribution in [2.24, 2.45) is 0 Å². The third kappa shape index (κ3) is 2.66. The summed E-state index contributed by atoms with van der Waals surface area (Å²) < 4.78 is 0. The van der Waals surface area contributed by atoms with Crippen LogP contribution in [0.25, 0.3) is 0 Å². The Balaban J connectivity index is 1.68. The third-order valence-corrected chi connectivity index (χ3v) is 4.37. The summed E-state index contributed by atoms with van der Waals surface area (Å²) in [6.45, 7) is 3.34. The van der Waals surface area contributed by atoms with Gasteiger partial charge in [-0.15, -0.1) is 11.6 Å². The molecule has 92 valence electrons. The van der Waals surface area contributed by atoms with Gasteiger partial charge in [0, 0.05) is 18.5 Å². The molecule has 0 N–H and O–H groups in total. The standard InChI is InChI=1S/C15H20ClN/c16-15-5-2-8-17(11-15)10-12-6-7-13-3-1-4-14(13)9-12/h6-7,9,15H,1-5,8,10-11H2. The van der Waals surface area contributed by atoms with Crippen LogP contribution in [0.5, 0.6) is 0 Å². The fraction of sp³-hybridized carbons (Fsp3) is 0.600. The second-order valence-electron chi connectivity index (χ2n) is 5.43. The lowest BCUT2D eigenvalue weighted by Crippen LogP contribution is -2.35. The second-order valence-corrected chi connectivity index (χ2v) is 6.05. The fourth-order valence-electron chi connectivity index (χ4n) is 3.12. The minimum Gasteiger partial charge on any atom is -0.298 e. The Morgan fingerprint density at radius 1 is 1.18 bits per heavy atom. The summed E-state index contributed by atoms with van der Waals surface area (Å²) in [6, 6.07) is 7.06. The molecule has 3 rings (SSSR count). The summed E-state index contributed by atoms with van der Waals surface area (Å²) in [4.78, 5) is 2.50. The van der Waals surface area contributed by atoms with Crippen molar-refractivity contribution in [3.63, 3.8) is 0 Å². The van der Waals surface area contributed by atoms with Crippen LogP contribution in [0.1, 0.15) is 36.0 Å². The topological polar surface area (TPSA) is 3.24 Å². The minimum absolute atomic E-state index is 0.359. The maximum Gasteiger partial charge on any atom is 0.0463 e. The normalized spacial score (nSPS) is 24.9. The van der Waals surface area contributed by atoms with Gasteiger partial charge in [-0.2, -0.15) is 0 Å². The summed E-state index contributed by atoms with van der Waals surface area (Å²) in [5.74, 6) is 0. The van der Waals surface area contributed by atoms with E-state index in [1.54, 1.807) is 11.1 Å². The summed E-state index contributed by atoms with van der Waals surface area (Å²) in [6.07, 6.45) is 6.33. The molecule has 1 heterocycles. The molecule has 1 aliphatic carbocycles. The number of alkyl halides is 1. The highest BCUT2D eigenvalue weighted by Crippen LogP contribution is 2.24. The first kappa shape index (κ1) is 11.6. The molecule has 0 spiro atoms. The zero-order chi connectivity index (χ0) is 11.7. The number of hydrogen-bond acceptors (Lipinski definition) is 1. The third-order valence-electron chi connectivity index (χ3n) is 4.02. The van der Waals surface area contributed by atoms with Gasteiger partial charge in [-0.1, -0.05) is 18.2 Å². The van der Waals surface area contributed by atoms with E-state index in [0.29, 0.717) is 5.38 Å². The van der Waals surface area contributed by atoms with Gasteiger partial charge in [0.15, 0.2) is 0 Å². The van der Waals surface area contributed by atoms with Gasteiger partial charge in [-0.3, -0.25) is 4.90 Å². The largest absolute Gasteiger partial charge is 0.298 e. The number of aryl methyl sites for hydroxylation is 2. The van der Waals surface area contributed by atoms with E-state index in [-0.39, 0.29) is 0 Å². The van der Waals surface area contributed by atoms with Crippen LogP contribution >= 0.6 is 11.6 Å². The first-order chi connectivity index (χ1) is 8.31. The molecule has 1 unspecified atom stereocenters. The van der Waals surface area contributed by atoms with Gasteiger partial charge in [0.2, 0.25) is 0 Å². The molecule has 0 bridgehead atoms. The van der Waals surface area contributed by atoms with Crippen molar-refractivity contribution in [1.29, 1.82) is 0 Å². The van der Waals surface area contributed by atoms with E-state index < -0.39 is 0 Å². The van der Waals surface area contributed by atoms with Gasteiger partial charge in [-0.05, 0) is 55.3 Å². The zero-order valence-electron chi connectivity index (χ0n) is 10.3. The first-order valence-electron chi connectivity index (χ1n) is 6.78. The number of rotatable bonds is 2. The Kier molecular flexibility index (Phi) is 3.39. The summed E-state index contributed by atoms with van der Waals surface area (Å²) in [7, 11) is 0. The number of likely N-dealkylation sites (tertiary alicyclic amines) is 1. The minimum atomic E-state index is 0.359. The predicted octanol–water partition coefficient (Wildman–Crippen LogP) is 3.38. The molecule has 1 aromatic carbocycles. The monoisotopic (exact) mass is 249 g/mol. The number of hydrogen-bond donors (Lipinski definition) is 0. The van der Waals surface area contributed by atoms with Crippen LogP contribution in [0.15, 0.2) is 18.2 Å². The van der Waals surface area contributed by atoms with Gasteiger partial charge >= 0.3 is 0 Å². The lowest BCUT2D eigenvalue weighted by atomic mass is 10.0. The Morgan fingerprint density at radius 3 is 2.94 bits per heavy atom. The van der Waals surface area contributed by atoms with E-state index in [0.717, 1.165) is 13.1 Å². The van der Waals surface area contributed by atoms with Crippen LogP contribution in [-0.2, 0) is 19.4 Å². The molecule has 0 aromatic heterocycles. The molecule has 2 aliphatic rings. The summed E-state index contributed by atoms with van der Waals surface area (Å²) >= 11 is 6.23. The van der Waals surface area contributed by atoms with E-state index in [1.807, 2.05) is 0 Å². The van der Waals surface area contributed by atoms with Gasteiger partial charge in [0.1, 0.15) is 0 Å². The smallest absolute Gasteiger partial charge is 0.0463 e. The molecule has 1 saturated heterocycles. The Morgan fingerprint density at radius 2 is 2.06 bits per heavy atom. The molecule has 0 saturated carbocycles. The number of benzene rings is 1. The number of piperidine rings is 1. The highest BCUT2D eigenvalue weighted by atomic mass is 35.5. The highest BCUT2D eigenvalue weighted by molar-refractivity contribution is 6.20. The van der Waals surface area contributed by atoms with Crippen molar-refractivity contribution in [1.82, 2.24) is 4.90 Å². The lowest BCUT2D eigenvalue weighted by Gasteiger charge is -2.29. The van der Waals surface area contributed by atoms with E-state index in [9.17, 15) is 0 Å². The van der Waals surface area contributed by atoms with Crippen LogP contribution in [0.3, 0.4) is 0 Å². The van der Waals surface area contributed by atoms with E-state index in [4.69, 9.17) is 11.6 Å². The molecule has 1 aromatic rings. The van der Waals surface area contributed by atoms with Crippen LogP contribution in [0.2, 0.25) is 0 Å². The molecule has 1 aliphatic heterocycles. The molecule has 1 atom stereocenters. The first-order valence-corrected chi connectivity index (χ1v) is 7.22. The quantitative estimate of drug-likeness (QED) is 0.727. The second kappa shape index (κ2) is 4.99. The Hall–Kier alpha value is -0.530. The predicted molar refractivity (Wildman–Crippen MR) is 72.6 cm³/mol. The van der Waals surface area contributed by atoms with Crippen molar-refractivity contribution in [3.05, 3.63) is 34.9 Å². The maximum absolute atomic E-state index is 6.23. The van der Waals surface area contributed by atoms with E-state index >= 15 is 0 Å². The van der Waals surface area contributed by atoms with Gasteiger partial charge in [-0.25, -0.2) is 0 Å². The van der Waals surface area contributed by atoms with Crippen LogP contribution in [0, 0.1) is 0 Å². The molecule has 1 fully saturated rings. The summed E-state index contributed by atoms with van der Waals surface area (Å²) in [5.41, 5.74) is 4.63. The maximum atomic E-state index is 6.23. The van der Waals surface area contributed by atoms with Gasteiger partial charge in [0.05, 0.1) is 0 Å². The van der Waals surface area contributed by atoms with Crippen molar-refractivity contribution in [2.75, 3.05) is 13.1 Å². The molecule has 1 nitrogen and oxygen atoms in total. The van der Waals surface area contributed by atoms with Crippen molar-refractivity contribution in [3.8, 4) is 0 Å². The number of nitrogens with zero attached hydrogens (tertiary/aromatic N) is 1. The van der Waals surface area contributed by atoms with E-state index in [2.05, 4.69) is 23.1 Å². The summed E-state index contributed by atoms with van der Waals surface area (Å²) in [5, 5.41) is 0.359. The number of fused-ring (bicyclic) bond motifs is 1. The molecular weight excluding hydrogens is 230 g/mol. The van der Waals surface area contributed by atoms with Crippen LogP contribution in [-0.4, -0.2) is 23.4 Å². The average molecular weight is 250 g/mol. The van der Waals surface area contributed by atoms with Crippen molar-refractivity contribution in [2.45, 2.75) is 44.0 Å². The fourth-order valence-corrected chi connectivity index (χ4v) is 3.47.